The second-order valence-electron chi connectivity index (χ2n) is 4.74. The van der Waals surface area contributed by atoms with Gasteiger partial charge in [-0.15, -0.1) is 0 Å². The number of aliphatic hydroxyl groups is 1. The SMILES string of the molecule is Cc1cccc(-n2nc(CO)cc2C2CC2)c1. The molecule has 1 aliphatic carbocycles. The Kier molecular flexibility index (Phi) is 2.48. The number of aliphatic hydroxyl groups excluding tert-OH is 1. The van der Waals surface area contributed by atoms with Crippen molar-refractivity contribution in [2.24, 2.45) is 0 Å². The van der Waals surface area contributed by atoms with Gasteiger partial charge in [0.2, 0.25) is 0 Å². The van der Waals surface area contributed by atoms with Gasteiger partial charge in [0.15, 0.2) is 0 Å². The van der Waals surface area contributed by atoms with E-state index in [2.05, 4.69) is 30.2 Å². The molecule has 17 heavy (non-hydrogen) atoms. The minimum atomic E-state index is 0.0124. The largest absolute Gasteiger partial charge is 0.390 e. The Balaban J connectivity index is 2.09. The molecule has 1 aliphatic rings. The smallest absolute Gasteiger partial charge is 0.0886 e. The van der Waals surface area contributed by atoms with E-state index in [0.29, 0.717) is 5.92 Å². The molecule has 88 valence electrons. The number of hydrogen-bond donors (Lipinski definition) is 1. The number of aryl methyl sites for hydroxylation is 1. The Morgan fingerprint density at radius 3 is 2.82 bits per heavy atom. The summed E-state index contributed by atoms with van der Waals surface area (Å²) in [4.78, 5) is 0. The Labute approximate surface area is 101 Å². The summed E-state index contributed by atoms with van der Waals surface area (Å²) >= 11 is 0. The zero-order chi connectivity index (χ0) is 11.8. The molecule has 3 nitrogen and oxygen atoms in total. The van der Waals surface area contributed by atoms with E-state index >= 15 is 0 Å². The van der Waals surface area contributed by atoms with Crippen molar-refractivity contribution < 1.29 is 5.11 Å². The van der Waals surface area contributed by atoms with Crippen molar-refractivity contribution in [3.05, 3.63) is 47.3 Å². The Morgan fingerprint density at radius 2 is 2.18 bits per heavy atom. The average Bonchev–Trinajstić information content (AvgIpc) is 3.08. The van der Waals surface area contributed by atoms with E-state index < -0.39 is 0 Å². The molecule has 0 spiro atoms. The Bertz CT molecular complexity index is 541. The van der Waals surface area contributed by atoms with Gasteiger partial charge in [0.1, 0.15) is 0 Å². The summed E-state index contributed by atoms with van der Waals surface area (Å²) in [5.74, 6) is 0.628. The number of nitrogens with zero attached hydrogens (tertiary/aromatic N) is 2. The second-order valence-corrected chi connectivity index (χ2v) is 4.74. The lowest BCUT2D eigenvalue weighted by Crippen LogP contribution is -2.01. The lowest BCUT2D eigenvalue weighted by molar-refractivity contribution is 0.276. The Morgan fingerprint density at radius 1 is 1.35 bits per heavy atom. The predicted molar refractivity (Wildman–Crippen MR) is 66.2 cm³/mol. The van der Waals surface area contributed by atoms with Gasteiger partial charge in [-0.3, -0.25) is 0 Å². The fourth-order valence-electron chi connectivity index (χ4n) is 2.16. The molecule has 3 heteroatoms. The van der Waals surface area contributed by atoms with E-state index in [9.17, 15) is 5.11 Å². The molecule has 1 N–H and O–H groups in total. The topological polar surface area (TPSA) is 38.0 Å². The van der Waals surface area contributed by atoms with E-state index in [-0.39, 0.29) is 6.61 Å². The first-order valence-electron chi connectivity index (χ1n) is 6.04. The molecule has 0 radical (unpaired) electrons. The third kappa shape index (κ3) is 1.98. The van der Waals surface area contributed by atoms with Crippen LogP contribution in [0.25, 0.3) is 5.69 Å². The molecule has 0 amide bonds. The molecular weight excluding hydrogens is 212 g/mol. The van der Waals surface area contributed by atoms with Crippen LogP contribution in [-0.4, -0.2) is 14.9 Å². The second kappa shape index (κ2) is 4.00. The number of aromatic nitrogens is 2. The first-order valence-corrected chi connectivity index (χ1v) is 6.04. The molecule has 1 saturated carbocycles. The summed E-state index contributed by atoms with van der Waals surface area (Å²) in [5, 5.41) is 13.7. The van der Waals surface area contributed by atoms with Crippen molar-refractivity contribution in [1.29, 1.82) is 0 Å². The van der Waals surface area contributed by atoms with Gasteiger partial charge in [0, 0.05) is 11.6 Å². The maximum Gasteiger partial charge on any atom is 0.0886 e. The van der Waals surface area contributed by atoms with Crippen LogP contribution < -0.4 is 0 Å². The van der Waals surface area contributed by atoms with Crippen LogP contribution in [0, 0.1) is 6.92 Å². The molecule has 3 rings (SSSR count). The van der Waals surface area contributed by atoms with Gasteiger partial charge in [0.25, 0.3) is 0 Å². The molecule has 0 aliphatic heterocycles. The first kappa shape index (κ1) is 10.5. The highest BCUT2D eigenvalue weighted by molar-refractivity contribution is 5.38. The molecule has 1 fully saturated rings. The summed E-state index contributed by atoms with van der Waals surface area (Å²) in [6.45, 7) is 2.09. The normalized spacial score (nSPS) is 15.2. The standard InChI is InChI=1S/C14H16N2O/c1-10-3-2-4-13(7-10)16-14(11-5-6-11)8-12(9-17)15-16/h2-4,7-8,11,17H,5-6,9H2,1H3. The molecule has 0 atom stereocenters. The van der Waals surface area contributed by atoms with Gasteiger partial charge in [-0.2, -0.15) is 5.10 Å². The summed E-state index contributed by atoms with van der Waals surface area (Å²) in [6.07, 6.45) is 2.48. The lowest BCUT2D eigenvalue weighted by Gasteiger charge is -2.07. The molecule has 1 aromatic carbocycles. The maximum atomic E-state index is 9.20. The fraction of sp³-hybridized carbons (Fsp3) is 0.357. The van der Waals surface area contributed by atoms with Crippen molar-refractivity contribution in [3.63, 3.8) is 0 Å². The van der Waals surface area contributed by atoms with Crippen molar-refractivity contribution >= 4 is 0 Å². The predicted octanol–water partition coefficient (Wildman–Crippen LogP) is 2.55. The third-order valence-electron chi connectivity index (χ3n) is 3.19. The van der Waals surface area contributed by atoms with E-state index in [0.717, 1.165) is 11.4 Å². The summed E-state index contributed by atoms with van der Waals surface area (Å²) < 4.78 is 1.98. The summed E-state index contributed by atoms with van der Waals surface area (Å²) in [5.41, 5.74) is 4.31. The van der Waals surface area contributed by atoms with Crippen molar-refractivity contribution in [3.8, 4) is 5.69 Å². The zero-order valence-corrected chi connectivity index (χ0v) is 9.93. The number of rotatable bonds is 3. The molecule has 0 saturated heterocycles. The van der Waals surface area contributed by atoms with Crippen LogP contribution in [0.2, 0.25) is 0 Å². The highest BCUT2D eigenvalue weighted by atomic mass is 16.3. The van der Waals surface area contributed by atoms with E-state index in [1.807, 2.05) is 16.8 Å². The fourth-order valence-corrected chi connectivity index (χ4v) is 2.16. The maximum absolute atomic E-state index is 9.20. The van der Waals surface area contributed by atoms with Crippen LogP contribution in [0.3, 0.4) is 0 Å². The van der Waals surface area contributed by atoms with Crippen LogP contribution in [-0.2, 0) is 6.61 Å². The minimum absolute atomic E-state index is 0.0124. The van der Waals surface area contributed by atoms with Gasteiger partial charge >= 0.3 is 0 Å². The van der Waals surface area contributed by atoms with E-state index in [4.69, 9.17) is 0 Å². The third-order valence-corrected chi connectivity index (χ3v) is 3.19. The van der Waals surface area contributed by atoms with Crippen LogP contribution >= 0.6 is 0 Å². The van der Waals surface area contributed by atoms with Gasteiger partial charge in [-0.05, 0) is 43.5 Å². The highest BCUT2D eigenvalue weighted by Gasteiger charge is 2.28. The van der Waals surface area contributed by atoms with Crippen molar-refractivity contribution in [2.45, 2.75) is 32.3 Å². The monoisotopic (exact) mass is 228 g/mol. The van der Waals surface area contributed by atoms with Gasteiger partial charge in [0.05, 0.1) is 18.0 Å². The van der Waals surface area contributed by atoms with Crippen LogP contribution in [0.4, 0.5) is 0 Å². The highest BCUT2D eigenvalue weighted by Crippen LogP contribution is 2.41. The van der Waals surface area contributed by atoms with Crippen LogP contribution in [0.15, 0.2) is 30.3 Å². The molecule has 2 aromatic rings. The number of hydrogen-bond acceptors (Lipinski definition) is 2. The van der Waals surface area contributed by atoms with Crippen molar-refractivity contribution in [2.75, 3.05) is 0 Å². The average molecular weight is 228 g/mol. The quantitative estimate of drug-likeness (QED) is 0.876. The molecule has 1 aromatic heterocycles. The van der Waals surface area contributed by atoms with Crippen LogP contribution in [0.5, 0.6) is 0 Å². The van der Waals surface area contributed by atoms with Crippen molar-refractivity contribution in [1.82, 2.24) is 9.78 Å². The Hall–Kier alpha value is -1.61. The van der Waals surface area contributed by atoms with E-state index in [1.54, 1.807) is 0 Å². The number of benzene rings is 1. The molecule has 1 heterocycles. The molecule has 0 unspecified atom stereocenters. The molecular formula is C14H16N2O. The van der Waals surface area contributed by atoms with E-state index in [1.165, 1.54) is 24.1 Å². The van der Waals surface area contributed by atoms with Gasteiger partial charge < -0.3 is 5.11 Å². The summed E-state index contributed by atoms with van der Waals surface area (Å²) in [6, 6.07) is 10.3. The first-order chi connectivity index (χ1) is 8.28. The van der Waals surface area contributed by atoms with Gasteiger partial charge in [-0.25, -0.2) is 4.68 Å². The lowest BCUT2D eigenvalue weighted by atomic mass is 10.2. The van der Waals surface area contributed by atoms with Gasteiger partial charge in [-0.1, -0.05) is 12.1 Å². The minimum Gasteiger partial charge on any atom is -0.390 e. The zero-order valence-electron chi connectivity index (χ0n) is 9.93. The van der Waals surface area contributed by atoms with Crippen LogP contribution in [0.1, 0.15) is 35.7 Å². The molecule has 0 bridgehead atoms. The summed E-state index contributed by atoms with van der Waals surface area (Å²) in [7, 11) is 0.